The molecule has 2 aromatic rings. The molecular formula is C18H24N2O3S. The Morgan fingerprint density at radius 2 is 2.00 bits per heavy atom. The lowest BCUT2D eigenvalue weighted by molar-refractivity contribution is 0.0693. The van der Waals surface area contributed by atoms with E-state index in [0.29, 0.717) is 5.56 Å². The van der Waals surface area contributed by atoms with Gasteiger partial charge in [0.25, 0.3) is 5.91 Å². The van der Waals surface area contributed by atoms with Crippen LogP contribution in [0.2, 0.25) is 0 Å². The molecule has 0 saturated heterocycles. The van der Waals surface area contributed by atoms with E-state index < -0.39 is 9.84 Å². The number of nitrogens with zero attached hydrogens (tertiary/aromatic N) is 1. The zero-order valence-electron chi connectivity index (χ0n) is 14.6. The van der Waals surface area contributed by atoms with E-state index in [9.17, 15) is 13.2 Å². The minimum atomic E-state index is -3.13. The van der Waals surface area contributed by atoms with Crippen LogP contribution in [0.1, 0.15) is 41.4 Å². The number of hydrogen-bond acceptors (Lipinski definition) is 3. The lowest BCUT2D eigenvalue weighted by atomic mass is 10.1. The van der Waals surface area contributed by atoms with Gasteiger partial charge in [-0.05, 0) is 57.4 Å². The molecule has 3 rings (SSSR count). The van der Waals surface area contributed by atoms with Gasteiger partial charge in [-0.15, -0.1) is 0 Å². The first kappa shape index (κ1) is 17.0. The Bertz CT molecular complexity index is 894. The molecule has 1 heterocycles. The zero-order chi connectivity index (χ0) is 17.6. The van der Waals surface area contributed by atoms with Gasteiger partial charge in [-0.25, -0.2) is 8.42 Å². The summed E-state index contributed by atoms with van der Waals surface area (Å²) in [6.07, 6.45) is 3.12. The standard InChI is InChI=1S/C18H24N2O3S/c1-11(10-24(4,22)23)20(15-6-7-15)18(21)14-5-8-17-16(9-14)12(2)13(3)19-17/h5,8-9,11,15,19H,6-7,10H2,1-4H3. The van der Waals surface area contributed by atoms with Crippen molar-refractivity contribution >= 4 is 26.6 Å². The fraction of sp³-hybridized carbons (Fsp3) is 0.500. The highest BCUT2D eigenvalue weighted by molar-refractivity contribution is 7.90. The maximum atomic E-state index is 13.0. The summed E-state index contributed by atoms with van der Waals surface area (Å²) < 4.78 is 23.3. The van der Waals surface area contributed by atoms with Gasteiger partial charge < -0.3 is 9.88 Å². The molecule has 1 aliphatic rings. The number of aryl methyl sites for hydroxylation is 2. The largest absolute Gasteiger partial charge is 0.358 e. The molecule has 1 unspecified atom stereocenters. The number of benzene rings is 1. The van der Waals surface area contributed by atoms with Crippen LogP contribution in [0.15, 0.2) is 18.2 Å². The van der Waals surface area contributed by atoms with Gasteiger partial charge in [0, 0.05) is 40.5 Å². The van der Waals surface area contributed by atoms with Crippen molar-refractivity contribution in [1.29, 1.82) is 0 Å². The average Bonchev–Trinajstić information content (AvgIpc) is 3.25. The third kappa shape index (κ3) is 3.34. The van der Waals surface area contributed by atoms with Gasteiger partial charge >= 0.3 is 0 Å². The molecule has 24 heavy (non-hydrogen) atoms. The first-order valence-electron chi connectivity index (χ1n) is 8.26. The van der Waals surface area contributed by atoms with Gasteiger partial charge in [-0.1, -0.05) is 0 Å². The molecule has 1 atom stereocenters. The second-order valence-corrected chi connectivity index (χ2v) is 9.21. The molecular weight excluding hydrogens is 324 g/mol. The van der Waals surface area contributed by atoms with Crippen molar-refractivity contribution in [3.05, 3.63) is 35.0 Å². The maximum Gasteiger partial charge on any atom is 0.254 e. The number of amides is 1. The summed E-state index contributed by atoms with van der Waals surface area (Å²) in [6, 6.07) is 5.51. The molecule has 1 aliphatic carbocycles. The minimum Gasteiger partial charge on any atom is -0.358 e. The molecule has 1 N–H and O–H groups in total. The zero-order valence-corrected chi connectivity index (χ0v) is 15.4. The number of fused-ring (bicyclic) bond motifs is 1. The summed E-state index contributed by atoms with van der Waals surface area (Å²) in [5.41, 5.74) is 3.88. The Balaban J connectivity index is 1.94. The van der Waals surface area contributed by atoms with E-state index in [1.54, 1.807) is 4.90 Å². The summed E-state index contributed by atoms with van der Waals surface area (Å²) in [6.45, 7) is 5.87. The van der Waals surface area contributed by atoms with Crippen molar-refractivity contribution in [3.8, 4) is 0 Å². The van der Waals surface area contributed by atoms with E-state index in [4.69, 9.17) is 0 Å². The summed E-state index contributed by atoms with van der Waals surface area (Å²) in [4.78, 5) is 18.1. The summed E-state index contributed by atoms with van der Waals surface area (Å²) in [7, 11) is -3.13. The van der Waals surface area contributed by atoms with Gasteiger partial charge in [0.2, 0.25) is 0 Å². The maximum absolute atomic E-state index is 13.0. The molecule has 0 bridgehead atoms. The molecule has 6 heteroatoms. The average molecular weight is 348 g/mol. The number of carbonyl (C=O) groups is 1. The Morgan fingerprint density at radius 3 is 2.58 bits per heavy atom. The Labute approximate surface area is 143 Å². The van der Waals surface area contributed by atoms with Crippen LogP contribution < -0.4 is 0 Å². The van der Waals surface area contributed by atoms with Gasteiger partial charge in [-0.2, -0.15) is 0 Å². The summed E-state index contributed by atoms with van der Waals surface area (Å²) >= 11 is 0. The number of aromatic nitrogens is 1. The van der Waals surface area contributed by atoms with E-state index in [1.165, 1.54) is 6.26 Å². The first-order valence-corrected chi connectivity index (χ1v) is 10.3. The van der Waals surface area contributed by atoms with Crippen molar-refractivity contribution in [2.45, 2.75) is 45.7 Å². The monoisotopic (exact) mass is 348 g/mol. The van der Waals surface area contributed by atoms with Crippen molar-refractivity contribution < 1.29 is 13.2 Å². The predicted molar refractivity (Wildman–Crippen MR) is 96.1 cm³/mol. The van der Waals surface area contributed by atoms with Crippen LogP contribution in [0.4, 0.5) is 0 Å². The smallest absolute Gasteiger partial charge is 0.254 e. The molecule has 1 fully saturated rings. The van der Waals surface area contributed by atoms with Crippen LogP contribution in [0.3, 0.4) is 0 Å². The van der Waals surface area contributed by atoms with Crippen molar-refractivity contribution in [1.82, 2.24) is 9.88 Å². The molecule has 1 saturated carbocycles. The number of H-pyrrole nitrogens is 1. The van der Waals surface area contributed by atoms with Crippen LogP contribution in [0, 0.1) is 13.8 Å². The van der Waals surface area contributed by atoms with Gasteiger partial charge in [0.05, 0.1) is 5.75 Å². The predicted octanol–water partition coefficient (Wildman–Crippen LogP) is 2.82. The fourth-order valence-corrected chi connectivity index (χ4v) is 4.38. The van der Waals surface area contributed by atoms with Crippen molar-refractivity contribution in [3.63, 3.8) is 0 Å². The second kappa shape index (κ2) is 5.92. The van der Waals surface area contributed by atoms with Crippen LogP contribution in [-0.4, -0.2) is 48.3 Å². The number of sulfone groups is 1. The lowest BCUT2D eigenvalue weighted by Gasteiger charge is -2.29. The van der Waals surface area contributed by atoms with Gasteiger partial charge in [-0.3, -0.25) is 4.79 Å². The van der Waals surface area contributed by atoms with Crippen LogP contribution in [0.25, 0.3) is 10.9 Å². The normalized spacial score (nSPS) is 16.3. The third-order valence-electron chi connectivity index (χ3n) is 4.75. The highest BCUT2D eigenvalue weighted by Gasteiger charge is 2.37. The molecule has 5 nitrogen and oxygen atoms in total. The van der Waals surface area contributed by atoms with Crippen molar-refractivity contribution in [2.24, 2.45) is 0 Å². The number of hydrogen-bond donors (Lipinski definition) is 1. The highest BCUT2D eigenvalue weighted by Crippen LogP contribution is 2.31. The molecule has 0 spiro atoms. The molecule has 0 aliphatic heterocycles. The number of carbonyl (C=O) groups excluding carboxylic acids is 1. The highest BCUT2D eigenvalue weighted by atomic mass is 32.2. The SMILES string of the molecule is Cc1[nH]c2ccc(C(=O)N(C(C)CS(C)(=O)=O)C3CC3)cc2c1C. The second-order valence-electron chi connectivity index (χ2n) is 7.02. The van der Waals surface area contributed by atoms with Crippen LogP contribution >= 0.6 is 0 Å². The van der Waals surface area contributed by atoms with E-state index >= 15 is 0 Å². The Hall–Kier alpha value is -1.82. The fourth-order valence-electron chi connectivity index (χ4n) is 3.34. The number of aromatic amines is 1. The lowest BCUT2D eigenvalue weighted by Crippen LogP contribution is -2.43. The third-order valence-corrected chi connectivity index (χ3v) is 5.84. The topological polar surface area (TPSA) is 70.2 Å². The molecule has 0 radical (unpaired) electrons. The number of nitrogens with one attached hydrogen (secondary N) is 1. The van der Waals surface area contributed by atoms with E-state index in [0.717, 1.165) is 35.0 Å². The van der Waals surface area contributed by atoms with Crippen LogP contribution in [0.5, 0.6) is 0 Å². The summed E-state index contributed by atoms with van der Waals surface area (Å²) in [5.74, 6) is -0.0754. The Kier molecular flexibility index (Phi) is 4.20. The first-order chi connectivity index (χ1) is 11.2. The quantitative estimate of drug-likeness (QED) is 0.903. The van der Waals surface area contributed by atoms with E-state index in [-0.39, 0.29) is 23.7 Å². The number of rotatable bonds is 5. The van der Waals surface area contributed by atoms with E-state index in [1.807, 2.05) is 39.0 Å². The van der Waals surface area contributed by atoms with Gasteiger partial charge in [0.15, 0.2) is 0 Å². The van der Waals surface area contributed by atoms with Crippen LogP contribution in [-0.2, 0) is 9.84 Å². The molecule has 130 valence electrons. The van der Waals surface area contributed by atoms with E-state index in [2.05, 4.69) is 4.98 Å². The Morgan fingerprint density at radius 1 is 1.33 bits per heavy atom. The molecule has 1 aromatic heterocycles. The molecule has 1 amide bonds. The van der Waals surface area contributed by atoms with Gasteiger partial charge in [0.1, 0.15) is 9.84 Å². The van der Waals surface area contributed by atoms with Crippen molar-refractivity contribution in [2.75, 3.05) is 12.0 Å². The summed E-state index contributed by atoms with van der Waals surface area (Å²) in [5, 5.41) is 1.05. The minimum absolute atomic E-state index is 0.000223. The molecule has 1 aromatic carbocycles.